The minimum atomic E-state index is 0.0212. The molecule has 4 heteroatoms. The molecule has 1 aromatic rings. The SMILES string of the molecule is C#CCOc1ccccc1CNCCNC(=O)C(C)C. The maximum absolute atomic E-state index is 11.4. The van der Waals surface area contributed by atoms with Crippen LogP contribution in [0.25, 0.3) is 0 Å². The minimum Gasteiger partial charge on any atom is -0.481 e. The fraction of sp³-hybridized carbons (Fsp3) is 0.438. The van der Waals surface area contributed by atoms with Crippen LogP contribution >= 0.6 is 0 Å². The summed E-state index contributed by atoms with van der Waals surface area (Å²) in [7, 11) is 0. The average molecular weight is 274 g/mol. The number of hydrogen-bond acceptors (Lipinski definition) is 3. The molecular weight excluding hydrogens is 252 g/mol. The summed E-state index contributed by atoms with van der Waals surface area (Å²) in [4.78, 5) is 11.4. The van der Waals surface area contributed by atoms with Gasteiger partial charge in [-0.1, -0.05) is 38.0 Å². The monoisotopic (exact) mass is 274 g/mol. The number of carbonyl (C=O) groups excluding carboxylic acids is 1. The van der Waals surface area contributed by atoms with Gasteiger partial charge in [0.15, 0.2) is 0 Å². The van der Waals surface area contributed by atoms with Crippen molar-refractivity contribution in [2.45, 2.75) is 20.4 Å². The predicted molar refractivity (Wildman–Crippen MR) is 80.3 cm³/mol. The Bertz CT molecular complexity index is 464. The number of terminal acetylenes is 1. The van der Waals surface area contributed by atoms with Crippen molar-refractivity contribution < 1.29 is 9.53 Å². The van der Waals surface area contributed by atoms with Crippen molar-refractivity contribution in [3.63, 3.8) is 0 Å². The molecule has 1 aromatic carbocycles. The first-order valence-corrected chi connectivity index (χ1v) is 6.77. The van der Waals surface area contributed by atoms with E-state index in [1.807, 2.05) is 38.1 Å². The first-order chi connectivity index (χ1) is 9.65. The average Bonchev–Trinajstić information content (AvgIpc) is 2.45. The molecule has 0 aliphatic rings. The summed E-state index contributed by atoms with van der Waals surface area (Å²) in [6, 6.07) is 7.76. The molecule has 0 aromatic heterocycles. The number of amides is 1. The molecule has 0 aliphatic heterocycles. The Labute approximate surface area is 120 Å². The number of ether oxygens (including phenoxy) is 1. The summed E-state index contributed by atoms with van der Waals surface area (Å²) in [5.41, 5.74) is 1.05. The van der Waals surface area contributed by atoms with Crippen LogP contribution in [0.2, 0.25) is 0 Å². The lowest BCUT2D eigenvalue weighted by Gasteiger charge is -2.11. The molecule has 20 heavy (non-hydrogen) atoms. The molecule has 0 saturated heterocycles. The highest BCUT2D eigenvalue weighted by Crippen LogP contribution is 2.17. The minimum absolute atomic E-state index is 0.0212. The van der Waals surface area contributed by atoms with Gasteiger partial charge in [-0.05, 0) is 6.07 Å². The second-order valence-electron chi connectivity index (χ2n) is 4.72. The second-order valence-corrected chi connectivity index (χ2v) is 4.72. The van der Waals surface area contributed by atoms with Crippen molar-refractivity contribution in [3.05, 3.63) is 29.8 Å². The van der Waals surface area contributed by atoms with Gasteiger partial charge in [-0.2, -0.15) is 0 Å². The van der Waals surface area contributed by atoms with Gasteiger partial charge in [0, 0.05) is 31.1 Å². The molecule has 108 valence electrons. The van der Waals surface area contributed by atoms with Crippen LogP contribution in [0.5, 0.6) is 5.75 Å². The first kappa shape index (κ1) is 16.1. The van der Waals surface area contributed by atoms with Crippen molar-refractivity contribution in [3.8, 4) is 18.1 Å². The third-order valence-corrected chi connectivity index (χ3v) is 2.72. The molecule has 0 spiro atoms. The lowest BCUT2D eigenvalue weighted by atomic mass is 10.2. The number of hydrogen-bond donors (Lipinski definition) is 2. The van der Waals surface area contributed by atoms with Crippen LogP contribution in [0.3, 0.4) is 0 Å². The third kappa shape index (κ3) is 5.77. The zero-order valence-electron chi connectivity index (χ0n) is 12.1. The van der Waals surface area contributed by atoms with Gasteiger partial charge in [0.25, 0.3) is 0 Å². The number of nitrogens with one attached hydrogen (secondary N) is 2. The van der Waals surface area contributed by atoms with E-state index >= 15 is 0 Å². The number of carbonyl (C=O) groups is 1. The zero-order valence-corrected chi connectivity index (χ0v) is 12.1. The van der Waals surface area contributed by atoms with Crippen LogP contribution in [0, 0.1) is 18.3 Å². The molecule has 0 saturated carbocycles. The summed E-state index contributed by atoms with van der Waals surface area (Å²) >= 11 is 0. The summed E-state index contributed by atoms with van der Waals surface area (Å²) in [6.07, 6.45) is 5.19. The molecule has 4 nitrogen and oxygen atoms in total. The Balaban J connectivity index is 2.31. The van der Waals surface area contributed by atoms with Gasteiger partial charge in [-0.15, -0.1) is 6.42 Å². The molecule has 0 atom stereocenters. The predicted octanol–water partition coefficient (Wildman–Crippen LogP) is 1.56. The molecule has 0 radical (unpaired) electrons. The van der Waals surface area contributed by atoms with Gasteiger partial charge in [0.1, 0.15) is 12.4 Å². The Hall–Kier alpha value is -1.99. The quantitative estimate of drug-likeness (QED) is 0.559. The van der Waals surface area contributed by atoms with Gasteiger partial charge >= 0.3 is 0 Å². The highest BCUT2D eigenvalue weighted by molar-refractivity contribution is 5.77. The van der Waals surface area contributed by atoms with Crippen molar-refractivity contribution in [1.82, 2.24) is 10.6 Å². The lowest BCUT2D eigenvalue weighted by molar-refractivity contribution is -0.123. The highest BCUT2D eigenvalue weighted by atomic mass is 16.5. The van der Waals surface area contributed by atoms with Crippen molar-refractivity contribution in [2.24, 2.45) is 5.92 Å². The second kappa shape index (κ2) is 9.00. The van der Waals surface area contributed by atoms with Crippen LogP contribution < -0.4 is 15.4 Å². The van der Waals surface area contributed by atoms with E-state index < -0.39 is 0 Å². The Morgan fingerprint density at radius 1 is 1.35 bits per heavy atom. The molecule has 0 fully saturated rings. The molecule has 0 unspecified atom stereocenters. The van der Waals surface area contributed by atoms with E-state index in [1.54, 1.807) is 0 Å². The number of para-hydroxylation sites is 1. The van der Waals surface area contributed by atoms with Crippen molar-refractivity contribution in [2.75, 3.05) is 19.7 Å². The van der Waals surface area contributed by atoms with Crippen LogP contribution in [-0.4, -0.2) is 25.6 Å². The highest BCUT2D eigenvalue weighted by Gasteiger charge is 2.05. The summed E-state index contributed by atoms with van der Waals surface area (Å²) in [5, 5.41) is 6.12. The van der Waals surface area contributed by atoms with E-state index in [0.717, 1.165) is 11.3 Å². The maximum atomic E-state index is 11.4. The number of benzene rings is 1. The van der Waals surface area contributed by atoms with Gasteiger partial charge < -0.3 is 15.4 Å². The van der Waals surface area contributed by atoms with Crippen molar-refractivity contribution >= 4 is 5.91 Å². The molecule has 2 N–H and O–H groups in total. The van der Waals surface area contributed by atoms with Gasteiger partial charge in [0.2, 0.25) is 5.91 Å². The van der Waals surface area contributed by atoms with Gasteiger partial charge in [0.05, 0.1) is 0 Å². The summed E-state index contributed by atoms with van der Waals surface area (Å²) in [5.74, 6) is 3.34. The van der Waals surface area contributed by atoms with E-state index in [0.29, 0.717) is 19.6 Å². The summed E-state index contributed by atoms with van der Waals surface area (Å²) < 4.78 is 5.47. The molecule has 1 rings (SSSR count). The van der Waals surface area contributed by atoms with E-state index in [-0.39, 0.29) is 18.4 Å². The van der Waals surface area contributed by atoms with Crippen molar-refractivity contribution in [1.29, 1.82) is 0 Å². The molecule has 0 aliphatic carbocycles. The topological polar surface area (TPSA) is 50.4 Å². The van der Waals surface area contributed by atoms with E-state index in [4.69, 9.17) is 11.2 Å². The molecular formula is C16H22N2O2. The largest absolute Gasteiger partial charge is 0.481 e. The smallest absolute Gasteiger partial charge is 0.222 e. The lowest BCUT2D eigenvalue weighted by Crippen LogP contribution is -2.34. The van der Waals surface area contributed by atoms with E-state index in [2.05, 4.69) is 16.6 Å². The normalized spacial score (nSPS) is 10.1. The molecule has 0 heterocycles. The van der Waals surface area contributed by atoms with E-state index in [9.17, 15) is 4.79 Å². The first-order valence-electron chi connectivity index (χ1n) is 6.77. The van der Waals surface area contributed by atoms with E-state index in [1.165, 1.54) is 0 Å². The molecule has 0 bridgehead atoms. The fourth-order valence-electron chi connectivity index (χ4n) is 1.61. The molecule has 1 amide bonds. The zero-order chi connectivity index (χ0) is 14.8. The number of rotatable bonds is 8. The van der Waals surface area contributed by atoms with Crippen LogP contribution in [-0.2, 0) is 11.3 Å². The standard InChI is InChI=1S/C16H22N2O2/c1-4-11-20-15-8-6-5-7-14(15)12-17-9-10-18-16(19)13(2)3/h1,5-8,13,17H,9-12H2,2-3H3,(H,18,19). The fourth-order valence-corrected chi connectivity index (χ4v) is 1.61. The van der Waals surface area contributed by atoms with Gasteiger partial charge in [-0.3, -0.25) is 4.79 Å². The van der Waals surface area contributed by atoms with Crippen LogP contribution in [0.4, 0.5) is 0 Å². The summed E-state index contributed by atoms with van der Waals surface area (Å²) in [6.45, 7) is 6.02. The third-order valence-electron chi connectivity index (χ3n) is 2.72. The Morgan fingerprint density at radius 2 is 2.10 bits per heavy atom. The Morgan fingerprint density at radius 3 is 2.80 bits per heavy atom. The van der Waals surface area contributed by atoms with Crippen LogP contribution in [0.15, 0.2) is 24.3 Å². The van der Waals surface area contributed by atoms with Gasteiger partial charge in [-0.25, -0.2) is 0 Å². The Kier molecular flexibility index (Phi) is 7.23. The maximum Gasteiger partial charge on any atom is 0.222 e. The van der Waals surface area contributed by atoms with Crippen LogP contribution in [0.1, 0.15) is 19.4 Å².